The molecule has 0 fully saturated rings. The number of hydrogen-bond donors (Lipinski definition) is 2. The lowest BCUT2D eigenvalue weighted by molar-refractivity contribution is -0.141. The van der Waals surface area contributed by atoms with Crippen molar-refractivity contribution in [1.29, 1.82) is 0 Å². The van der Waals surface area contributed by atoms with Gasteiger partial charge in [-0.15, -0.1) is 0 Å². The van der Waals surface area contributed by atoms with E-state index in [1.807, 2.05) is 6.92 Å². The van der Waals surface area contributed by atoms with Crippen LogP contribution in [-0.4, -0.2) is 35.6 Å². The molecule has 6 heteroatoms. The second-order valence-electron chi connectivity index (χ2n) is 4.51. The molecule has 0 heterocycles. The number of urea groups is 1. The van der Waals surface area contributed by atoms with E-state index in [1.165, 1.54) is 4.90 Å². The number of nitrogens with one attached hydrogen (secondary N) is 1. The third-order valence-electron chi connectivity index (χ3n) is 2.75. The highest BCUT2D eigenvalue weighted by Crippen LogP contribution is 2.19. The Hall–Kier alpha value is -1.75. The number of carboxylic acid groups (broad SMARTS) is 1. The number of carbonyl (C=O) groups excluding carboxylic acids is 1. The molecule has 0 aliphatic heterocycles. The fourth-order valence-electron chi connectivity index (χ4n) is 1.55. The van der Waals surface area contributed by atoms with Crippen molar-refractivity contribution in [3.8, 4) is 0 Å². The van der Waals surface area contributed by atoms with E-state index in [4.69, 9.17) is 16.7 Å². The monoisotopic (exact) mass is 284 g/mol. The molecule has 0 radical (unpaired) electrons. The average molecular weight is 285 g/mol. The highest BCUT2D eigenvalue weighted by Gasteiger charge is 2.17. The number of nitrogens with zero attached hydrogens (tertiary/aromatic N) is 1. The number of aryl methyl sites for hydroxylation is 1. The number of amides is 2. The number of aliphatic carboxylic acids is 1. The van der Waals surface area contributed by atoms with Crippen LogP contribution in [-0.2, 0) is 4.79 Å². The van der Waals surface area contributed by atoms with Crippen LogP contribution in [0, 0.1) is 12.8 Å². The predicted octanol–water partition coefficient (Wildman–Crippen LogP) is 2.83. The fraction of sp³-hybridized carbons (Fsp3) is 0.385. The minimum Gasteiger partial charge on any atom is -0.481 e. The molecular formula is C13H17ClN2O3. The molecule has 0 aromatic heterocycles. The van der Waals surface area contributed by atoms with Gasteiger partial charge in [-0.3, -0.25) is 4.79 Å². The van der Waals surface area contributed by atoms with E-state index in [9.17, 15) is 9.59 Å². The van der Waals surface area contributed by atoms with Gasteiger partial charge in [0.25, 0.3) is 0 Å². The van der Waals surface area contributed by atoms with Crippen molar-refractivity contribution in [3.63, 3.8) is 0 Å². The van der Waals surface area contributed by atoms with Crippen LogP contribution < -0.4 is 5.32 Å². The zero-order valence-electron chi connectivity index (χ0n) is 11.1. The van der Waals surface area contributed by atoms with Crippen LogP contribution >= 0.6 is 11.6 Å². The largest absolute Gasteiger partial charge is 0.481 e. The highest BCUT2D eigenvalue weighted by atomic mass is 35.5. The van der Waals surface area contributed by atoms with Crippen molar-refractivity contribution in [2.75, 3.05) is 18.9 Å². The molecule has 0 bridgehead atoms. The first-order chi connectivity index (χ1) is 8.81. The van der Waals surface area contributed by atoms with Gasteiger partial charge in [-0.05, 0) is 30.7 Å². The molecule has 104 valence electrons. The first-order valence-corrected chi connectivity index (χ1v) is 6.20. The van der Waals surface area contributed by atoms with Crippen molar-refractivity contribution in [2.45, 2.75) is 13.8 Å². The van der Waals surface area contributed by atoms with Crippen molar-refractivity contribution >= 4 is 29.3 Å². The van der Waals surface area contributed by atoms with Gasteiger partial charge in [0.05, 0.1) is 5.92 Å². The van der Waals surface area contributed by atoms with E-state index in [0.29, 0.717) is 10.7 Å². The summed E-state index contributed by atoms with van der Waals surface area (Å²) in [7, 11) is 1.56. The number of anilines is 1. The van der Waals surface area contributed by atoms with Crippen LogP contribution in [0.1, 0.15) is 12.5 Å². The van der Waals surface area contributed by atoms with E-state index in [1.54, 1.807) is 32.2 Å². The van der Waals surface area contributed by atoms with Gasteiger partial charge in [0.15, 0.2) is 0 Å². The van der Waals surface area contributed by atoms with E-state index >= 15 is 0 Å². The van der Waals surface area contributed by atoms with Gasteiger partial charge in [-0.1, -0.05) is 18.5 Å². The Balaban J connectivity index is 2.66. The summed E-state index contributed by atoms with van der Waals surface area (Å²) in [6.45, 7) is 3.54. The third-order valence-corrected chi connectivity index (χ3v) is 2.98. The SMILES string of the molecule is Cc1cc(Cl)ccc1NC(=O)N(C)CC(C)C(=O)O. The Morgan fingerprint density at radius 1 is 1.47 bits per heavy atom. The Kier molecular flexibility index (Phi) is 5.18. The molecule has 1 atom stereocenters. The standard InChI is InChI=1S/C13H17ClN2O3/c1-8-6-10(14)4-5-11(8)15-13(19)16(3)7-9(2)12(17)18/h4-6,9H,7H2,1-3H3,(H,15,19)(H,17,18). The summed E-state index contributed by atoms with van der Waals surface area (Å²) in [6.07, 6.45) is 0. The van der Waals surface area contributed by atoms with Crippen LogP contribution in [0.25, 0.3) is 0 Å². The van der Waals surface area contributed by atoms with Gasteiger partial charge < -0.3 is 15.3 Å². The fourth-order valence-corrected chi connectivity index (χ4v) is 1.78. The van der Waals surface area contributed by atoms with Crippen molar-refractivity contribution in [3.05, 3.63) is 28.8 Å². The molecule has 0 saturated heterocycles. The zero-order valence-corrected chi connectivity index (χ0v) is 11.9. The smallest absolute Gasteiger partial charge is 0.321 e. The van der Waals surface area contributed by atoms with E-state index in [0.717, 1.165) is 5.56 Å². The Bertz CT molecular complexity index is 491. The van der Waals surface area contributed by atoms with Crippen LogP contribution in [0.5, 0.6) is 0 Å². The number of carboxylic acids is 1. The normalized spacial score (nSPS) is 11.8. The van der Waals surface area contributed by atoms with Gasteiger partial charge in [0, 0.05) is 24.3 Å². The molecule has 19 heavy (non-hydrogen) atoms. The second kappa shape index (κ2) is 6.43. The molecular weight excluding hydrogens is 268 g/mol. The molecule has 1 aromatic rings. The molecule has 0 spiro atoms. The molecule has 5 nitrogen and oxygen atoms in total. The summed E-state index contributed by atoms with van der Waals surface area (Å²) in [4.78, 5) is 24.0. The second-order valence-corrected chi connectivity index (χ2v) is 4.95. The Morgan fingerprint density at radius 2 is 2.11 bits per heavy atom. The first kappa shape index (κ1) is 15.3. The molecule has 1 unspecified atom stereocenters. The highest BCUT2D eigenvalue weighted by molar-refractivity contribution is 6.30. The molecule has 1 aromatic carbocycles. The lowest BCUT2D eigenvalue weighted by Crippen LogP contribution is -2.36. The third kappa shape index (κ3) is 4.44. The van der Waals surface area contributed by atoms with E-state index < -0.39 is 11.9 Å². The quantitative estimate of drug-likeness (QED) is 0.893. The summed E-state index contributed by atoms with van der Waals surface area (Å²) in [5.41, 5.74) is 1.50. The average Bonchev–Trinajstić information content (AvgIpc) is 2.32. The van der Waals surface area contributed by atoms with Gasteiger partial charge in [-0.25, -0.2) is 4.79 Å². The van der Waals surface area contributed by atoms with Gasteiger partial charge >= 0.3 is 12.0 Å². The predicted molar refractivity (Wildman–Crippen MR) is 74.6 cm³/mol. The van der Waals surface area contributed by atoms with Crippen molar-refractivity contribution in [2.24, 2.45) is 5.92 Å². The van der Waals surface area contributed by atoms with Crippen LogP contribution in [0.4, 0.5) is 10.5 Å². The summed E-state index contributed by atoms with van der Waals surface area (Å²) < 4.78 is 0. The summed E-state index contributed by atoms with van der Waals surface area (Å²) in [6, 6.07) is 4.80. The maximum absolute atomic E-state index is 11.9. The molecule has 1 rings (SSSR count). The first-order valence-electron chi connectivity index (χ1n) is 5.82. The van der Waals surface area contributed by atoms with Crippen LogP contribution in [0.15, 0.2) is 18.2 Å². The number of rotatable bonds is 4. The van der Waals surface area contributed by atoms with E-state index in [2.05, 4.69) is 5.32 Å². The molecule has 2 N–H and O–H groups in total. The summed E-state index contributed by atoms with van der Waals surface area (Å²) in [5.74, 6) is -1.54. The van der Waals surface area contributed by atoms with Crippen LogP contribution in [0.3, 0.4) is 0 Å². The Morgan fingerprint density at radius 3 is 2.63 bits per heavy atom. The van der Waals surface area contributed by atoms with Crippen LogP contribution in [0.2, 0.25) is 5.02 Å². The number of halogens is 1. The molecule has 0 aliphatic carbocycles. The van der Waals surface area contributed by atoms with Gasteiger partial charge in [0.2, 0.25) is 0 Å². The van der Waals surface area contributed by atoms with Crippen molar-refractivity contribution in [1.82, 2.24) is 4.90 Å². The van der Waals surface area contributed by atoms with Crippen molar-refractivity contribution < 1.29 is 14.7 Å². The molecule has 0 aliphatic rings. The minimum absolute atomic E-state index is 0.147. The number of benzene rings is 1. The molecule has 0 saturated carbocycles. The van der Waals surface area contributed by atoms with Gasteiger partial charge in [0.1, 0.15) is 0 Å². The van der Waals surface area contributed by atoms with Gasteiger partial charge in [-0.2, -0.15) is 0 Å². The maximum Gasteiger partial charge on any atom is 0.321 e. The Labute approximate surface area is 117 Å². The number of carbonyl (C=O) groups is 2. The van der Waals surface area contributed by atoms with E-state index in [-0.39, 0.29) is 12.6 Å². The minimum atomic E-state index is -0.928. The lowest BCUT2D eigenvalue weighted by atomic mass is 10.2. The topological polar surface area (TPSA) is 69.6 Å². The molecule has 2 amide bonds. The maximum atomic E-state index is 11.9. The zero-order chi connectivity index (χ0) is 14.6. The summed E-state index contributed by atoms with van der Waals surface area (Å²) >= 11 is 5.83. The lowest BCUT2D eigenvalue weighted by Gasteiger charge is -2.20. The number of hydrogen-bond acceptors (Lipinski definition) is 2. The summed E-state index contributed by atoms with van der Waals surface area (Å²) in [5, 5.41) is 12.1.